The summed E-state index contributed by atoms with van der Waals surface area (Å²) in [6.07, 6.45) is 2.40. The lowest BCUT2D eigenvalue weighted by molar-refractivity contribution is 0.0728. The number of aromatic amines is 1. The van der Waals surface area contributed by atoms with E-state index in [0.29, 0.717) is 30.2 Å². The Morgan fingerprint density at radius 2 is 2.21 bits per heavy atom. The molecule has 1 amide bonds. The van der Waals surface area contributed by atoms with Gasteiger partial charge in [-0.2, -0.15) is 5.10 Å². The maximum absolute atomic E-state index is 12.7. The van der Waals surface area contributed by atoms with Crippen molar-refractivity contribution in [3.63, 3.8) is 0 Å². The number of benzene rings is 1. The summed E-state index contributed by atoms with van der Waals surface area (Å²) in [5.74, 6) is 1.44. The van der Waals surface area contributed by atoms with Gasteiger partial charge in [0.2, 0.25) is 0 Å². The van der Waals surface area contributed by atoms with Gasteiger partial charge in [-0.05, 0) is 41.8 Å². The Morgan fingerprint density at radius 3 is 3.00 bits per heavy atom. The monoisotopic (exact) mass is 323 g/mol. The number of furan rings is 1. The minimum absolute atomic E-state index is 0.0782. The Kier molecular flexibility index (Phi) is 3.57. The quantitative estimate of drug-likeness (QED) is 0.804. The van der Waals surface area contributed by atoms with Crippen molar-refractivity contribution < 1.29 is 13.9 Å². The normalized spacial score (nSPS) is 13.6. The summed E-state index contributed by atoms with van der Waals surface area (Å²) in [6.45, 7) is 1.25. The van der Waals surface area contributed by atoms with Gasteiger partial charge in [0.05, 0.1) is 13.4 Å². The molecule has 6 heteroatoms. The van der Waals surface area contributed by atoms with Gasteiger partial charge in [-0.1, -0.05) is 6.07 Å². The molecule has 1 aliphatic heterocycles. The molecule has 4 rings (SSSR count). The van der Waals surface area contributed by atoms with Crippen LogP contribution in [0.4, 0.5) is 0 Å². The van der Waals surface area contributed by atoms with Crippen molar-refractivity contribution in [3.8, 4) is 17.2 Å². The van der Waals surface area contributed by atoms with Crippen LogP contribution >= 0.6 is 0 Å². The van der Waals surface area contributed by atoms with Crippen LogP contribution in [0.3, 0.4) is 0 Å². The van der Waals surface area contributed by atoms with Gasteiger partial charge in [0.15, 0.2) is 11.5 Å². The lowest BCUT2D eigenvalue weighted by Crippen LogP contribution is -2.36. The van der Waals surface area contributed by atoms with Crippen LogP contribution in [0.1, 0.15) is 21.6 Å². The number of ether oxygens (including phenoxy) is 1. The average molecular weight is 323 g/mol. The van der Waals surface area contributed by atoms with Gasteiger partial charge >= 0.3 is 0 Å². The molecule has 122 valence electrons. The molecule has 1 aliphatic rings. The standard InChI is InChI=1S/C18H17N3O3/c1-23-14-5-4-13-11-21(7-6-12(13)9-14)18(22)16-10-15(19-20-16)17-3-2-8-24-17/h2-5,8-10H,6-7,11H2,1H3,(H,19,20). The fourth-order valence-electron chi connectivity index (χ4n) is 2.98. The molecular weight excluding hydrogens is 306 g/mol. The van der Waals surface area contributed by atoms with E-state index in [0.717, 1.165) is 17.7 Å². The van der Waals surface area contributed by atoms with Crippen molar-refractivity contribution in [2.75, 3.05) is 13.7 Å². The molecule has 3 aromatic rings. The van der Waals surface area contributed by atoms with Crippen molar-refractivity contribution in [3.05, 3.63) is 59.5 Å². The molecule has 3 heterocycles. The van der Waals surface area contributed by atoms with Crippen molar-refractivity contribution in [1.29, 1.82) is 0 Å². The predicted molar refractivity (Wildman–Crippen MR) is 87.7 cm³/mol. The van der Waals surface area contributed by atoms with Crippen molar-refractivity contribution in [2.24, 2.45) is 0 Å². The number of methoxy groups -OCH3 is 1. The number of hydrogen-bond donors (Lipinski definition) is 1. The van der Waals surface area contributed by atoms with Gasteiger partial charge in [-0.3, -0.25) is 9.89 Å². The topological polar surface area (TPSA) is 71.4 Å². The predicted octanol–water partition coefficient (Wildman–Crippen LogP) is 2.88. The second kappa shape index (κ2) is 5.88. The number of fused-ring (bicyclic) bond motifs is 1. The Bertz CT molecular complexity index is 868. The maximum Gasteiger partial charge on any atom is 0.274 e. The molecule has 0 saturated carbocycles. The van der Waals surface area contributed by atoms with E-state index >= 15 is 0 Å². The van der Waals surface area contributed by atoms with E-state index < -0.39 is 0 Å². The number of carbonyl (C=O) groups excluding carboxylic acids is 1. The number of nitrogens with zero attached hydrogens (tertiary/aromatic N) is 2. The molecular formula is C18H17N3O3. The summed E-state index contributed by atoms with van der Waals surface area (Å²) in [4.78, 5) is 14.5. The molecule has 0 radical (unpaired) electrons. The third-order valence-corrected chi connectivity index (χ3v) is 4.30. The van der Waals surface area contributed by atoms with E-state index in [-0.39, 0.29) is 5.91 Å². The van der Waals surface area contributed by atoms with E-state index in [2.05, 4.69) is 10.2 Å². The molecule has 1 N–H and O–H groups in total. The Morgan fingerprint density at radius 1 is 1.29 bits per heavy atom. The summed E-state index contributed by atoms with van der Waals surface area (Å²) in [5.41, 5.74) is 3.48. The fraction of sp³-hybridized carbons (Fsp3) is 0.222. The molecule has 2 aromatic heterocycles. The number of hydrogen-bond acceptors (Lipinski definition) is 4. The highest BCUT2D eigenvalue weighted by atomic mass is 16.5. The Labute approximate surface area is 139 Å². The van der Waals surface area contributed by atoms with Crippen molar-refractivity contribution >= 4 is 5.91 Å². The average Bonchev–Trinajstić information content (AvgIpc) is 3.31. The van der Waals surface area contributed by atoms with Gasteiger partial charge in [-0.25, -0.2) is 0 Å². The van der Waals surface area contributed by atoms with E-state index in [1.54, 1.807) is 25.5 Å². The molecule has 0 bridgehead atoms. The summed E-state index contributed by atoms with van der Waals surface area (Å²) in [6, 6.07) is 11.3. The fourth-order valence-corrected chi connectivity index (χ4v) is 2.98. The highest BCUT2D eigenvalue weighted by Gasteiger charge is 2.24. The highest BCUT2D eigenvalue weighted by Crippen LogP contribution is 2.25. The minimum atomic E-state index is -0.0782. The number of aromatic nitrogens is 2. The van der Waals surface area contributed by atoms with E-state index in [4.69, 9.17) is 9.15 Å². The first-order valence-corrected chi connectivity index (χ1v) is 7.79. The van der Waals surface area contributed by atoms with Gasteiger partial charge in [-0.15, -0.1) is 0 Å². The van der Waals surface area contributed by atoms with Crippen LogP contribution in [0.25, 0.3) is 11.5 Å². The van der Waals surface area contributed by atoms with Gasteiger partial charge < -0.3 is 14.1 Å². The van der Waals surface area contributed by atoms with Gasteiger partial charge in [0, 0.05) is 19.2 Å². The number of rotatable bonds is 3. The molecule has 0 aliphatic carbocycles. The number of nitrogens with one attached hydrogen (secondary N) is 1. The zero-order valence-electron chi connectivity index (χ0n) is 13.3. The molecule has 0 spiro atoms. The van der Waals surface area contributed by atoms with Crippen LogP contribution < -0.4 is 4.74 Å². The molecule has 0 atom stereocenters. The van der Waals surface area contributed by atoms with Crippen LogP contribution in [-0.4, -0.2) is 34.7 Å². The SMILES string of the molecule is COc1ccc2c(c1)CCN(C(=O)c1cc(-c3ccco3)[nH]n1)C2. The molecule has 1 aromatic carbocycles. The molecule has 6 nitrogen and oxygen atoms in total. The molecule has 24 heavy (non-hydrogen) atoms. The van der Waals surface area contributed by atoms with Crippen LogP contribution in [0.5, 0.6) is 5.75 Å². The van der Waals surface area contributed by atoms with Crippen LogP contribution in [0, 0.1) is 0 Å². The summed E-state index contributed by atoms with van der Waals surface area (Å²) in [7, 11) is 1.66. The lowest BCUT2D eigenvalue weighted by atomic mass is 9.99. The smallest absolute Gasteiger partial charge is 0.274 e. The second-order valence-electron chi connectivity index (χ2n) is 5.76. The first-order chi connectivity index (χ1) is 11.7. The molecule has 0 unspecified atom stereocenters. The third-order valence-electron chi connectivity index (χ3n) is 4.30. The van der Waals surface area contributed by atoms with Crippen molar-refractivity contribution in [2.45, 2.75) is 13.0 Å². The van der Waals surface area contributed by atoms with Crippen LogP contribution in [0.2, 0.25) is 0 Å². The number of carbonyl (C=O) groups is 1. The summed E-state index contributed by atoms with van der Waals surface area (Å²) in [5, 5.41) is 6.99. The summed E-state index contributed by atoms with van der Waals surface area (Å²) < 4.78 is 10.6. The van der Waals surface area contributed by atoms with E-state index in [9.17, 15) is 4.79 Å². The largest absolute Gasteiger partial charge is 0.497 e. The number of H-pyrrole nitrogens is 1. The van der Waals surface area contributed by atoms with Gasteiger partial charge in [0.1, 0.15) is 11.4 Å². The summed E-state index contributed by atoms with van der Waals surface area (Å²) >= 11 is 0. The van der Waals surface area contributed by atoms with Crippen LogP contribution in [0.15, 0.2) is 47.1 Å². The number of amides is 1. The molecule has 0 saturated heterocycles. The van der Waals surface area contributed by atoms with Crippen LogP contribution in [-0.2, 0) is 13.0 Å². The zero-order valence-corrected chi connectivity index (χ0v) is 13.3. The van der Waals surface area contributed by atoms with Crippen molar-refractivity contribution in [1.82, 2.24) is 15.1 Å². The van der Waals surface area contributed by atoms with E-state index in [1.807, 2.05) is 29.2 Å². The van der Waals surface area contributed by atoms with E-state index in [1.165, 1.54) is 5.56 Å². The molecule has 0 fully saturated rings. The minimum Gasteiger partial charge on any atom is -0.497 e. The third kappa shape index (κ3) is 2.56. The Balaban J connectivity index is 1.53. The lowest BCUT2D eigenvalue weighted by Gasteiger charge is -2.28. The first-order valence-electron chi connectivity index (χ1n) is 7.79. The Hall–Kier alpha value is -3.02. The zero-order chi connectivity index (χ0) is 16.5. The highest BCUT2D eigenvalue weighted by molar-refractivity contribution is 5.93. The first kappa shape index (κ1) is 14.6. The maximum atomic E-state index is 12.7. The van der Waals surface area contributed by atoms with Gasteiger partial charge in [0.25, 0.3) is 5.91 Å². The second-order valence-corrected chi connectivity index (χ2v) is 5.76.